The number of carbonyl (C=O) groups excluding carboxylic acids is 1. The van der Waals surface area contributed by atoms with E-state index in [1.165, 1.54) is 0 Å². The van der Waals surface area contributed by atoms with Gasteiger partial charge in [-0.15, -0.1) is 0 Å². The van der Waals surface area contributed by atoms with E-state index in [-0.39, 0.29) is 24.0 Å². The van der Waals surface area contributed by atoms with Gasteiger partial charge in [0, 0.05) is 17.1 Å². The van der Waals surface area contributed by atoms with E-state index in [9.17, 15) is 9.90 Å². The van der Waals surface area contributed by atoms with Crippen LogP contribution in [0, 0.1) is 5.92 Å². The van der Waals surface area contributed by atoms with Crippen molar-refractivity contribution in [1.29, 1.82) is 0 Å². The number of hydrogen-bond acceptors (Lipinski definition) is 5. The maximum atomic E-state index is 12.7. The van der Waals surface area contributed by atoms with Crippen LogP contribution in [0.25, 0.3) is 11.3 Å². The lowest BCUT2D eigenvalue weighted by Gasteiger charge is -2.37. The summed E-state index contributed by atoms with van der Waals surface area (Å²) in [6.07, 6.45) is 2.77. The van der Waals surface area contributed by atoms with Crippen molar-refractivity contribution in [2.45, 2.75) is 25.0 Å². The second-order valence-electron chi connectivity index (χ2n) is 6.27. The summed E-state index contributed by atoms with van der Waals surface area (Å²) in [5.74, 6) is -0.0286. The van der Waals surface area contributed by atoms with Gasteiger partial charge in [0.15, 0.2) is 0 Å². The summed E-state index contributed by atoms with van der Waals surface area (Å²) >= 11 is 1.59. The molecule has 0 radical (unpaired) electrons. The molecule has 0 saturated heterocycles. The number of amides is 1. The van der Waals surface area contributed by atoms with Gasteiger partial charge in [0.2, 0.25) is 0 Å². The maximum absolute atomic E-state index is 12.7. The number of rotatable bonds is 5. The van der Waals surface area contributed by atoms with Crippen LogP contribution in [0.2, 0.25) is 0 Å². The predicted octanol–water partition coefficient (Wildman–Crippen LogP) is 2.78. The van der Waals surface area contributed by atoms with Gasteiger partial charge < -0.3 is 10.4 Å². The highest BCUT2D eigenvalue weighted by atomic mass is 32.1. The number of aliphatic hydroxyl groups excluding tert-OH is 1. The first-order valence-corrected chi connectivity index (χ1v) is 9.13. The van der Waals surface area contributed by atoms with Crippen LogP contribution in [0.15, 0.2) is 47.3 Å². The van der Waals surface area contributed by atoms with E-state index in [2.05, 4.69) is 20.5 Å². The molecular formula is C18H18N4O2S. The second kappa shape index (κ2) is 6.78. The summed E-state index contributed by atoms with van der Waals surface area (Å²) in [7, 11) is 0. The van der Waals surface area contributed by atoms with Crippen molar-refractivity contribution in [2.24, 2.45) is 5.92 Å². The highest BCUT2D eigenvalue weighted by Crippen LogP contribution is 2.37. The Labute approximate surface area is 148 Å². The molecule has 128 valence electrons. The first-order chi connectivity index (χ1) is 12.2. The Morgan fingerprint density at radius 3 is 2.92 bits per heavy atom. The van der Waals surface area contributed by atoms with Crippen LogP contribution in [0.3, 0.4) is 0 Å². The third-order valence-electron chi connectivity index (χ3n) is 4.55. The van der Waals surface area contributed by atoms with Gasteiger partial charge in [0.1, 0.15) is 5.69 Å². The zero-order valence-electron chi connectivity index (χ0n) is 13.4. The van der Waals surface area contributed by atoms with Crippen molar-refractivity contribution in [3.05, 3.63) is 58.7 Å². The van der Waals surface area contributed by atoms with Crippen molar-refractivity contribution >= 4 is 17.2 Å². The molecule has 25 heavy (non-hydrogen) atoms. The number of nitrogens with zero attached hydrogens (tertiary/aromatic N) is 2. The molecule has 4 rings (SSSR count). The molecule has 3 heterocycles. The molecule has 0 aromatic carbocycles. The summed E-state index contributed by atoms with van der Waals surface area (Å²) in [4.78, 5) is 17.0. The molecule has 0 bridgehead atoms. The van der Waals surface area contributed by atoms with Crippen LogP contribution >= 0.6 is 11.3 Å². The average Bonchev–Trinajstić information content (AvgIpc) is 3.28. The summed E-state index contributed by atoms with van der Waals surface area (Å²) < 4.78 is 0. The average molecular weight is 354 g/mol. The molecule has 1 aliphatic rings. The van der Waals surface area contributed by atoms with Crippen LogP contribution in [0.1, 0.15) is 35.1 Å². The Bertz CT molecular complexity index is 841. The number of hydrogen-bond donors (Lipinski definition) is 3. The van der Waals surface area contributed by atoms with Gasteiger partial charge in [-0.25, -0.2) is 0 Å². The Balaban J connectivity index is 1.52. The zero-order valence-corrected chi connectivity index (χ0v) is 14.2. The molecule has 0 spiro atoms. The maximum Gasteiger partial charge on any atom is 0.269 e. The second-order valence-corrected chi connectivity index (χ2v) is 7.05. The summed E-state index contributed by atoms with van der Waals surface area (Å²) in [6.45, 7) is 0. The van der Waals surface area contributed by atoms with Gasteiger partial charge in [-0.3, -0.25) is 14.9 Å². The van der Waals surface area contributed by atoms with Gasteiger partial charge in [-0.2, -0.15) is 16.4 Å². The largest absolute Gasteiger partial charge is 0.393 e. The van der Waals surface area contributed by atoms with Gasteiger partial charge >= 0.3 is 0 Å². The van der Waals surface area contributed by atoms with Crippen molar-refractivity contribution in [3.63, 3.8) is 0 Å². The third-order valence-corrected chi connectivity index (χ3v) is 5.24. The van der Waals surface area contributed by atoms with Crippen LogP contribution in [0.4, 0.5) is 0 Å². The van der Waals surface area contributed by atoms with Gasteiger partial charge in [0.05, 0.1) is 23.5 Å². The molecule has 1 saturated carbocycles. The number of aromatic amines is 1. The smallest absolute Gasteiger partial charge is 0.269 e. The minimum Gasteiger partial charge on any atom is -0.393 e. The van der Waals surface area contributed by atoms with Gasteiger partial charge in [0.25, 0.3) is 5.91 Å². The van der Waals surface area contributed by atoms with Crippen LogP contribution in [-0.4, -0.2) is 32.3 Å². The number of thiophene rings is 1. The lowest BCUT2D eigenvalue weighted by molar-refractivity contribution is 0.0227. The molecule has 1 aliphatic carbocycles. The standard InChI is InChI=1S/C18H18N4O2S/c23-13-7-12(8-13)17(14-3-1-2-5-19-14)20-18(24)16-9-15(21-22-16)11-4-6-25-10-11/h1-6,9-10,12-13,17,23H,7-8H2,(H,20,24)(H,21,22)/t12?,13?,17-/m1/s1. The van der Waals surface area contributed by atoms with Crippen LogP contribution in [0.5, 0.6) is 0 Å². The minimum absolute atomic E-state index is 0.188. The Morgan fingerprint density at radius 1 is 1.36 bits per heavy atom. The molecule has 0 aliphatic heterocycles. The van der Waals surface area contributed by atoms with E-state index in [0.29, 0.717) is 18.5 Å². The molecular weight excluding hydrogens is 336 g/mol. The van der Waals surface area contributed by atoms with Crippen molar-refractivity contribution in [3.8, 4) is 11.3 Å². The van der Waals surface area contributed by atoms with E-state index in [1.54, 1.807) is 23.6 Å². The Morgan fingerprint density at radius 2 is 2.24 bits per heavy atom. The quantitative estimate of drug-likeness (QED) is 0.657. The number of H-pyrrole nitrogens is 1. The predicted molar refractivity (Wildman–Crippen MR) is 95.1 cm³/mol. The van der Waals surface area contributed by atoms with E-state index in [4.69, 9.17) is 0 Å². The Kier molecular flexibility index (Phi) is 4.33. The lowest BCUT2D eigenvalue weighted by atomic mass is 9.76. The molecule has 3 N–H and O–H groups in total. The molecule has 1 fully saturated rings. The lowest BCUT2D eigenvalue weighted by Crippen LogP contribution is -2.41. The molecule has 3 aromatic heterocycles. The Hall–Kier alpha value is -2.51. The highest BCUT2D eigenvalue weighted by molar-refractivity contribution is 7.08. The molecule has 0 unspecified atom stereocenters. The summed E-state index contributed by atoms with van der Waals surface area (Å²) in [5.41, 5.74) is 2.97. The van der Waals surface area contributed by atoms with Crippen LogP contribution in [-0.2, 0) is 0 Å². The van der Waals surface area contributed by atoms with E-state index < -0.39 is 0 Å². The molecule has 3 aromatic rings. The SMILES string of the molecule is O=C(N[C@@H](c1ccccn1)C1CC(O)C1)c1cc(-c2ccsc2)n[nH]1. The fourth-order valence-corrected chi connectivity index (χ4v) is 3.76. The van der Waals surface area contributed by atoms with Crippen molar-refractivity contribution < 1.29 is 9.90 Å². The number of aromatic nitrogens is 3. The van der Waals surface area contributed by atoms with E-state index in [0.717, 1.165) is 17.0 Å². The van der Waals surface area contributed by atoms with Gasteiger partial charge in [-0.05, 0) is 48.4 Å². The number of pyridine rings is 1. The molecule has 6 nitrogen and oxygen atoms in total. The van der Waals surface area contributed by atoms with Crippen molar-refractivity contribution in [1.82, 2.24) is 20.5 Å². The number of aliphatic hydroxyl groups is 1. The minimum atomic E-state index is -0.287. The monoisotopic (exact) mass is 354 g/mol. The normalized spacial score (nSPS) is 20.7. The first-order valence-electron chi connectivity index (χ1n) is 8.18. The zero-order chi connectivity index (χ0) is 17.2. The first kappa shape index (κ1) is 16.0. The fraction of sp³-hybridized carbons (Fsp3) is 0.278. The van der Waals surface area contributed by atoms with E-state index in [1.807, 2.05) is 35.0 Å². The number of carbonyl (C=O) groups is 1. The molecule has 1 amide bonds. The van der Waals surface area contributed by atoms with Gasteiger partial charge in [-0.1, -0.05) is 6.07 Å². The fourth-order valence-electron chi connectivity index (χ4n) is 3.11. The summed E-state index contributed by atoms with van der Waals surface area (Å²) in [6, 6.07) is 9.16. The van der Waals surface area contributed by atoms with Crippen molar-refractivity contribution in [2.75, 3.05) is 0 Å². The highest BCUT2D eigenvalue weighted by Gasteiger charge is 2.36. The molecule has 1 atom stereocenters. The number of nitrogens with one attached hydrogen (secondary N) is 2. The topological polar surface area (TPSA) is 90.9 Å². The van der Waals surface area contributed by atoms with E-state index >= 15 is 0 Å². The van der Waals surface area contributed by atoms with Crippen LogP contribution < -0.4 is 5.32 Å². The molecule has 7 heteroatoms. The third kappa shape index (κ3) is 3.33. The summed E-state index contributed by atoms with van der Waals surface area (Å²) in [5, 5.41) is 23.7.